The molecule has 7 nitrogen and oxygen atoms in total. The summed E-state index contributed by atoms with van der Waals surface area (Å²) in [7, 11) is -4.09. The first kappa shape index (κ1) is 19.2. The van der Waals surface area contributed by atoms with Crippen LogP contribution in [0.3, 0.4) is 0 Å². The van der Waals surface area contributed by atoms with E-state index >= 15 is 0 Å². The smallest absolute Gasteiger partial charge is 0.335 e. The van der Waals surface area contributed by atoms with Crippen molar-refractivity contribution in [1.82, 2.24) is 0 Å². The Hall–Kier alpha value is -2.58. The average molecular weight is 389 g/mol. The van der Waals surface area contributed by atoms with Crippen molar-refractivity contribution < 1.29 is 18.3 Å². The molecule has 0 unspecified atom stereocenters. The Morgan fingerprint density at radius 3 is 2.37 bits per heavy atom. The van der Waals surface area contributed by atoms with Crippen LogP contribution in [0.15, 0.2) is 47.4 Å². The highest BCUT2D eigenvalue weighted by molar-refractivity contribution is 7.89. The molecule has 1 aliphatic heterocycles. The average Bonchev–Trinajstić information content (AvgIpc) is 2.66. The van der Waals surface area contributed by atoms with Crippen molar-refractivity contribution in [3.05, 3.63) is 53.6 Å². The molecule has 0 radical (unpaired) electrons. The second-order valence-corrected chi connectivity index (χ2v) is 8.14. The van der Waals surface area contributed by atoms with E-state index in [1.807, 2.05) is 35.2 Å². The molecule has 2 aromatic rings. The van der Waals surface area contributed by atoms with Crippen LogP contribution < -0.4 is 15.4 Å². The lowest BCUT2D eigenvalue weighted by molar-refractivity contribution is 0.0696. The van der Waals surface area contributed by atoms with Gasteiger partial charge >= 0.3 is 5.97 Å². The van der Waals surface area contributed by atoms with Gasteiger partial charge in [0.15, 0.2) is 0 Å². The van der Waals surface area contributed by atoms with Gasteiger partial charge in [0.2, 0.25) is 10.0 Å². The number of carbonyl (C=O) groups is 1. The number of anilines is 2. The maximum absolute atomic E-state index is 12.2. The monoisotopic (exact) mass is 389 g/mol. The van der Waals surface area contributed by atoms with Crippen LogP contribution in [0, 0.1) is 0 Å². The van der Waals surface area contributed by atoms with Gasteiger partial charge < -0.3 is 15.3 Å². The number of hydrogen-bond acceptors (Lipinski definition) is 5. The highest BCUT2D eigenvalue weighted by Gasteiger charge is 2.26. The number of carboxylic acid groups (broad SMARTS) is 1. The van der Waals surface area contributed by atoms with Crippen LogP contribution in [-0.2, 0) is 16.6 Å². The molecule has 4 N–H and O–H groups in total. The lowest BCUT2D eigenvalue weighted by Gasteiger charge is -2.32. The minimum absolute atomic E-state index is 0.115. The van der Waals surface area contributed by atoms with Gasteiger partial charge in [-0.25, -0.2) is 18.4 Å². The Labute approximate surface area is 158 Å². The number of nitrogens with two attached hydrogens (primary N) is 1. The van der Waals surface area contributed by atoms with E-state index in [2.05, 4.69) is 5.32 Å². The van der Waals surface area contributed by atoms with Crippen molar-refractivity contribution in [1.29, 1.82) is 0 Å². The van der Waals surface area contributed by atoms with Gasteiger partial charge in [-0.15, -0.1) is 0 Å². The van der Waals surface area contributed by atoms with Crippen molar-refractivity contribution in [2.24, 2.45) is 5.14 Å². The molecule has 0 bridgehead atoms. The van der Waals surface area contributed by atoms with E-state index in [0.29, 0.717) is 31.0 Å². The van der Waals surface area contributed by atoms with Gasteiger partial charge in [0.05, 0.1) is 16.9 Å². The van der Waals surface area contributed by atoms with E-state index in [9.17, 15) is 18.3 Å². The van der Waals surface area contributed by atoms with E-state index in [4.69, 9.17) is 5.14 Å². The number of primary sulfonamides is 1. The molecule has 1 heterocycles. The predicted molar refractivity (Wildman–Crippen MR) is 105 cm³/mol. The molecule has 0 aromatic heterocycles. The first-order chi connectivity index (χ1) is 12.9. The summed E-state index contributed by atoms with van der Waals surface area (Å²) in [5.74, 6) is -1.20. The number of piperidine rings is 1. The van der Waals surface area contributed by atoms with Gasteiger partial charge in [0.25, 0.3) is 0 Å². The van der Waals surface area contributed by atoms with Crippen LogP contribution in [0.5, 0.6) is 0 Å². The largest absolute Gasteiger partial charge is 0.478 e. The molecule has 3 rings (SSSR count). The Morgan fingerprint density at radius 1 is 1.11 bits per heavy atom. The van der Waals surface area contributed by atoms with Crippen LogP contribution in [0.25, 0.3) is 0 Å². The maximum atomic E-state index is 12.2. The number of nitrogens with one attached hydrogen (secondary N) is 1. The molecule has 2 aromatic carbocycles. The maximum Gasteiger partial charge on any atom is 0.335 e. The summed E-state index contributed by atoms with van der Waals surface area (Å²) >= 11 is 0. The summed E-state index contributed by atoms with van der Waals surface area (Å²) in [5, 5.41) is 18.1. The topological polar surface area (TPSA) is 113 Å². The number of hydrogen-bond donors (Lipinski definition) is 3. The highest BCUT2D eigenvalue weighted by atomic mass is 32.2. The van der Waals surface area contributed by atoms with Gasteiger partial charge in [0, 0.05) is 19.6 Å². The van der Waals surface area contributed by atoms with E-state index < -0.39 is 16.0 Å². The van der Waals surface area contributed by atoms with Gasteiger partial charge in [0.1, 0.15) is 4.90 Å². The summed E-state index contributed by atoms with van der Waals surface area (Å²) in [6.07, 6.45) is 2.98. The number of benzene rings is 2. The van der Waals surface area contributed by atoms with E-state index in [-0.39, 0.29) is 10.5 Å². The fourth-order valence-corrected chi connectivity index (χ4v) is 4.12. The molecular formula is C19H23N3O4S. The fraction of sp³-hybridized carbons (Fsp3) is 0.316. The molecule has 144 valence electrons. The zero-order valence-electron chi connectivity index (χ0n) is 14.9. The first-order valence-electron chi connectivity index (χ1n) is 8.83. The van der Waals surface area contributed by atoms with Crippen LogP contribution in [0.1, 0.15) is 35.2 Å². The molecular weight excluding hydrogens is 366 g/mol. The summed E-state index contributed by atoms with van der Waals surface area (Å²) in [5.41, 5.74) is 1.80. The minimum Gasteiger partial charge on any atom is -0.478 e. The van der Waals surface area contributed by atoms with Gasteiger partial charge in [-0.2, -0.15) is 0 Å². The first-order valence-corrected chi connectivity index (χ1v) is 10.4. The Kier molecular flexibility index (Phi) is 5.67. The van der Waals surface area contributed by atoms with Crippen molar-refractivity contribution in [2.75, 3.05) is 23.3 Å². The molecule has 8 heteroatoms. The summed E-state index contributed by atoms with van der Waals surface area (Å²) in [4.78, 5) is 13.3. The van der Waals surface area contributed by atoms with Crippen molar-refractivity contribution >= 4 is 27.4 Å². The summed E-state index contributed by atoms with van der Waals surface area (Å²) in [6.45, 7) is 1.85. The molecule has 27 heavy (non-hydrogen) atoms. The normalized spacial score (nSPS) is 14.8. The van der Waals surface area contributed by atoms with Gasteiger partial charge in [-0.3, -0.25) is 0 Å². The molecule has 0 amide bonds. The molecule has 1 fully saturated rings. The van der Waals surface area contributed by atoms with E-state index in [0.717, 1.165) is 30.9 Å². The molecule has 1 aliphatic rings. The van der Waals surface area contributed by atoms with Gasteiger partial charge in [-0.05, 0) is 37.0 Å². The van der Waals surface area contributed by atoms with E-state index in [1.165, 1.54) is 6.07 Å². The third kappa shape index (κ3) is 4.58. The number of rotatable bonds is 6. The molecule has 1 saturated heterocycles. The van der Waals surface area contributed by atoms with Crippen LogP contribution in [0.2, 0.25) is 0 Å². The fourth-order valence-electron chi connectivity index (χ4n) is 3.32. The van der Waals surface area contributed by atoms with Crippen LogP contribution in [-0.4, -0.2) is 32.6 Å². The zero-order valence-corrected chi connectivity index (χ0v) is 15.7. The lowest BCUT2D eigenvalue weighted by atomic mass is 10.1. The third-order valence-electron chi connectivity index (χ3n) is 4.63. The number of carboxylic acids is 1. The second kappa shape index (κ2) is 7.98. The van der Waals surface area contributed by atoms with Gasteiger partial charge in [-0.1, -0.05) is 30.3 Å². The van der Waals surface area contributed by atoms with E-state index in [1.54, 1.807) is 0 Å². The quantitative estimate of drug-likeness (QED) is 0.700. The molecule has 0 saturated carbocycles. The highest BCUT2D eigenvalue weighted by Crippen LogP contribution is 2.36. The zero-order chi connectivity index (χ0) is 19.4. The summed E-state index contributed by atoms with van der Waals surface area (Å²) in [6, 6.07) is 12.2. The molecule has 0 spiro atoms. The minimum atomic E-state index is -4.09. The standard InChI is InChI=1S/C19H23N3O4S/c20-27(25,26)17-12-15(19(23)24)11-16(18(17)22-9-5-2-6-10-22)21-13-14-7-3-1-4-8-14/h1,3-4,7-8,11-12,21H,2,5-6,9-10,13H2,(H,23,24)(H2,20,25,26). The molecule has 0 aliphatic carbocycles. The SMILES string of the molecule is NS(=O)(=O)c1cc(C(=O)O)cc(NCc2ccccc2)c1N1CCCCC1. The second-order valence-electron chi connectivity index (χ2n) is 6.61. The molecule has 0 atom stereocenters. The summed E-state index contributed by atoms with van der Waals surface area (Å²) < 4.78 is 24.5. The Bertz CT molecular complexity index is 923. The third-order valence-corrected chi connectivity index (χ3v) is 5.55. The Balaban J connectivity index is 2.09. The number of aromatic carboxylic acids is 1. The lowest BCUT2D eigenvalue weighted by Crippen LogP contribution is -2.32. The Morgan fingerprint density at radius 2 is 1.78 bits per heavy atom. The van der Waals surface area contributed by atoms with Crippen molar-refractivity contribution in [2.45, 2.75) is 30.7 Å². The van der Waals surface area contributed by atoms with Crippen molar-refractivity contribution in [3.8, 4) is 0 Å². The number of sulfonamides is 1. The van der Waals surface area contributed by atoms with Crippen molar-refractivity contribution in [3.63, 3.8) is 0 Å². The van der Waals surface area contributed by atoms with Crippen LogP contribution >= 0.6 is 0 Å². The predicted octanol–water partition coefficient (Wildman–Crippen LogP) is 2.63. The number of nitrogens with zero attached hydrogens (tertiary/aromatic N) is 1. The van der Waals surface area contributed by atoms with Crippen LogP contribution in [0.4, 0.5) is 11.4 Å².